The molecule has 2 heterocycles. The number of nitrogens with zero attached hydrogens (tertiary/aromatic N) is 2. The van der Waals surface area contributed by atoms with E-state index in [0.717, 1.165) is 21.9 Å². The van der Waals surface area contributed by atoms with Crippen LogP contribution in [0.3, 0.4) is 0 Å². The Labute approximate surface area is 146 Å². The molecule has 0 saturated carbocycles. The summed E-state index contributed by atoms with van der Waals surface area (Å²) in [7, 11) is -3.43. The van der Waals surface area contributed by atoms with Crippen LogP contribution >= 0.6 is 0 Å². The molecular weight excluding hydrogens is 334 g/mol. The summed E-state index contributed by atoms with van der Waals surface area (Å²) < 4.78 is 23.5. The molecule has 2 aromatic heterocycles. The van der Waals surface area contributed by atoms with Crippen LogP contribution in [0.4, 0.5) is 11.5 Å². The lowest BCUT2D eigenvalue weighted by atomic mass is 10.1. The molecule has 0 atom stereocenters. The first-order valence-corrected chi connectivity index (χ1v) is 9.00. The maximum absolute atomic E-state index is 11.7. The number of pyridine rings is 2. The molecule has 0 aliphatic heterocycles. The third-order valence-electron chi connectivity index (χ3n) is 3.57. The molecule has 5 nitrogen and oxygen atoms in total. The van der Waals surface area contributed by atoms with E-state index in [1.54, 1.807) is 31.5 Å². The maximum Gasteiger partial charge on any atom is 0.199 e. The van der Waals surface area contributed by atoms with Gasteiger partial charge in [0, 0.05) is 34.3 Å². The number of sulfone groups is 1. The van der Waals surface area contributed by atoms with Crippen LogP contribution in [0.2, 0.25) is 0 Å². The number of hydrogen-bond acceptors (Lipinski definition) is 5. The zero-order valence-corrected chi connectivity index (χ0v) is 14.3. The molecule has 25 heavy (non-hydrogen) atoms. The first-order valence-electron chi connectivity index (χ1n) is 7.45. The van der Waals surface area contributed by atoms with Crippen molar-refractivity contribution in [1.29, 1.82) is 0 Å². The lowest BCUT2D eigenvalue weighted by Crippen LogP contribution is -1.97. The first-order chi connectivity index (χ1) is 12.0. The molecule has 0 fully saturated rings. The molecule has 0 spiro atoms. The fourth-order valence-electron chi connectivity index (χ4n) is 2.32. The number of anilines is 2. The van der Waals surface area contributed by atoms with Crippen molar-refractivity contribution in [3.63, 3.8) is 0 Å². The largest absolute Gasteiger partial charge is 0.340 e. The Balaban J connectivity index is 1.94. The quantitative estimate of drug-likeness (QED) is 0.728. The van der Waals surface area contributed by atoms with Crippen molar-refractivity contribution in [2.24, 2.45) is 0 Å². The molecule has 0 amide bonds. The minimum Gasteiger partial charge on any atom is -0.340 e. The van der Waals surface area contributed by atoms with Crippen LogP contribution in [0.15, 0.2) is 65.7 Å². The molecule has 0 aliphatic carbocycles. The molecule has 0 aliphatic rings. The van der Waals surface area contributed by atoms with E-state index >= 15 is 0 Å². The van der Waals surface area contributed by atoms with E-state index in [-0.39, 0.29) is 4.90 Å². The van der Waals surface area contributed by atoms with Gasteiger partial charge in [-0.05, 0) is 49.2 Å². The summed E-state index contributed by atoms with van der Waals surface area (Å²) in [4.78, 5) is 8.86. The summed E-state index contributed by atoms with van der Waals surface area (Å²) in [5.74, 6) is 6.46. The zero-order valence-electron chi connectivity index (χ0n) is 13.5. The summed E-state index contributed by atoms with van der Waals surface area (Å²) in [6.45, 7) is 5.08. The van der Waals surface area contributed by atoms with E-state index in [1.807, 2.05) is 12.1 Å². The van der Waals surface area contributed by atoms with E-state index < -0.39 is 9.84 Å². The molecule has 124 valence electrons. The minimum absolute atomic E-state index is 0.198. The molecule has 3 aromatic rings. The van der Waals surface area contributed by atoms with Gasteiger partial charge in [0.05, 0.1) is 4.90 Å². The molecule has 0 unspecified atom stereocenters. The normalized spacial score (nSPS) is 10.8. The van der Waals surface area contributed by atoms with Gasteiger partial charge in [0.1, 0.15) is 11.5 Å². The van der Waals surface area contributed by atoms with E-state index in [1.165, 1.54) is 12.1 Å². The number of rotatable bonds is 4. The third-order valence-corrected chi connectivity index (χ3v) is 4.93. The van der Waals surface area contributed by atoms with E-state index in [4.69, 9.17) is 0 Å². The molecule has 0 radical (unpaired) electrons. The SMILES string of the molecule is C=CS(=O)(=O)c1ccc(Nc2cc3c(C#CC)nccc3cn2)cc1. The number of benzene rings is 1. The fraction of sp³-hybridized carbons (Fsp3) is 0.0526. The first kappa shape index (κ1) is 16.7. The van der Waals surface area contributed by atoms with Crippen LogP contribution in [-0.4, -0.2) is 18.4 Å². The van der Waals surface area contributed by atoms with Gasteiger partial charge in [0.25, 0.3) is 0 Å². The van der Waals surface area contributed by atoms with Crippen LogP contribution in [0.5, 0.6) is 0 Å². The Morgan fingerprint density at radius 1 is 1.16 bits per heavy atom. The van der Waals surface area contributed by atoms with E-state index in [0.29, 0.717) is 11.5 Å². The second-order valence-electron chi connectivity index (χ2n) is 5.19. The van der Waals surface area contributed by atoms with Crippen molar-refractivity contribution < 1.29 is 8.42 Å². The summed E-state index contributed by atoms with van der Waals surface area (Å²) in [6, 6.07) is 10.2. The molecule has 1 aromatic carbocycles. The highest BCUT2D eigenvalue weighted by atomic mass is 32.2. The average molecular weight is 349 g/mol. The Morgan fingerprint density at radius 2 is 1.92 bits per heavy atom. The molecular formula is C19H15N3O2S. The minimum atomic E-state index is -3.43. The van der Waals surface area contributed by atoms with Crippen molar-refractivity contribution >= 4 is 32.1 Å². The molecule has 1 N–H and O–H groups in total. The van der Waals surface area contributed by atoms with Crippen LogP contribution < -0.4 is 5.32 Å². The van der Waals surface area contributed by atoms with Gasteiger partial charge in [0.15, 0.2) is 9.84 Å². The summed E-state index contributed by atoms with van der Waals surface area (Å²) in [5, 5.41) is 5.94. The Bertz CT molecular complexity index is 1110. The zero-order chi connectivity index (χ0) is 17.9. The second-order valence-corrected chi connectivity index (χ2v) is 7.08. The van der Waals surface area contributed by atoms with Gasteiger partial charge in [-0.3, -0.25) is 0 Å². The fourth-order valence-corrected chi connectivity index (χ4v) is 3.03. The van der Waals surface area contributed by atoms with Crippen molar-refractivity contribution in [3.05, 3.63) is 66.5 Å². The van der Waals surface area contributed by atoms with Crippen LogP contribution in [0.1, 0.15) is 12.6 Å². The van der Waals surface area contributed by atoms with Crippen LogP contribution in [-0.2, 0) is 9.84 Å². The summed E-state index contributed by atoms with van der Waals surface area (Å²) in [6.07, 6.45) is 3.45. The maximum atomic E-state index is 11.7. The predicted octanol–water partition coefficient (Wildman–Crippen LogP) is 3.66. The van der Waals surface area contributed by atoms with Gasteiger partial charge in [0.2, 0.25) is 0 Å². The lowest BCUT2D eigenvalue weighted by molar-refractivity contribution is 0.605. The Hall–Kier alpha value is -3.17. The van der Waals surface area contributed by atoms with E-state index in [2.05, 4.69) is 33.7 Å². The highest BCUT2D eigenvalue weighted by Gasteiger charge is 2.09. The van der Waals surface area contributed by atoms with Crippen molar-refractivity contribution in [2.75, 3.05) is 5.32 Å². The van der Waals surface area contributed by atoms with Crippen LogP contribution in [0, 0.1) is 11.8 Å². The number of nitrogens with one attached hydrogen (secondary N) is 1. The van der Waals surface area contributed by atoms with Gasteiger partial charge in [-0.15, -0.1) is 0 Å². The van der Waals surface area contributed by atoms with Gasteiger partial charge in [-0.1, -0.05) is 12.5 Å². The highest BCUT2D eigenvalue weighted by Crippen LogP contribution is 2.23. The van der Waals surface area contributed by atoms with Gasteiger partial charge in [-0.2, -0.15) is 0 Å². The number of fused-ring (bicyclic) bond motifs is 1. The van der Waals surface area contributed by atoms with Gasteiger partial charge in [-0.25, -0.2) is 18.4 Å². The average Bonchev–Trinajstić information content (AvgIpc) is 2.63. The monoisotopic (exact) mass is 349 g/mol. The third kappa shape index (κ3) is 3.52. The van der Waals surface area contributed by atoms with Crippen molar-refractivity contribution in [1.82, 2.24) is 9.97 Å². The van der Waals surface area contributed by atoms with Crippen LogP contribution in [0.25, 0.3) is 10.8 Å². The summed E-state index contributed by atoms with van der Waals surface area (Å²) >= 11 is 0. The van der Waals surface area contributed by atoms with Crippen molar-refractivity contribution in [2.45, 2.75) is 11.8 Å². The topological polar surface area (TPSA) is 72.0 Å². The lowest BCUT2D eigenvalue weighted by Gasteiger charge is -2.08. The smallest absolute Gasteiger partial charge is 0.199 e. The highest BCUT2D eigenvalue weighted by molar-refractivity contribution is 7.94. The summed E-state index contributed by atoms with van der Waals surface area (Å²) in [5.41, 5.74) is 1.42. The molecule has 0 bridgehead atoms. The van der Waals surface area contributed by atoms with E-state index in [9.17, 15) is 8.42 Å². The number of aromatic nitrogens is 2. The Kier molecular flexibility index (Phi) is 4.50. The molecule has 6 heteroatoms. The standard InChI is InChI=1S/C19H15N3O2S/c1-3-5-18-17-12-19(21-13-14(17)10-11-20-18)22-15-6-8-16(9-7-15)25(23,24)4-2/h4,6-13H,2H2,1H3,(H,21,22). The Morgan fingerprint density at radius 3 is 2.60 bits per heavy atom. The van der Waals surface area contributed by atoms with Gasteiger partial charge >= 0.3 is 0 Å². The number of hydrogen-bond donors (Lipinski definition) is 1. The molecule has 3 rings (SSSR count). The molecule has 0 saturated heterocycles. The second kappa shape index (κ2) is 6.75. The predicted molar refractivity (Wildman–Crippen MR) is 99.2 cm³/mol. The van der Waals surface area contributed by atoms with Gasteiger partial charge < -0.3 is 5.32 Å². The van der Waals surface area contributed by atoms with Crippen molar-refractivity contribution in [3.8, 4) is 11.8 Å².